The van der Waals surface area contributed by atoms with Crippen molar-refractivity contribution in [2.45, 2.75) is 33.1 Å². The van der Waals surface area contributed by atoms with Gasteiger partial charge >= 0.3 is 5.97 Å². The smallest absolute Gasteiger partial charge is 0.333 e. The molecule has 0 aromatic rings. The van der Waals surface area contributed by atoms with E-state index < -0.39 is 0 Å². The number of carbonyl (C=O) groups excluding carboxylic acids is 1. The van der Waals surface area contributed by atoms with Gasteiger partial charge in [0.05, 0.1) is 6.61 Å². The van der Waals surface area contributed by atoms with Gasteiger partial charge in [0.2, 0.25) is 0 Å². The lowest BCUT2D eigenvalue weighted by atomic mass is 10.4. The van der Waals surface area contributed by atoms with E-state index in [1.165, 1.54) is 12.8 Å². The van der Waals surface area contributed by atoms with E-state index in [1.54, 1.807) is 6.92 Å². The molecule has 0 atom stereocenters. The summed E-state index contributed by atoms with van der Waals surface area (Å²) in [4.78, 5) is 10.6. The molecule has 82 valence electrons. The molecule has 0 aromatic carbocycles. The van der Waals surface area contributed by atoms with Crippen molar-refractivity contribution in [1.82, 2.24) is 0 Å². The number of carbonyl (C=O) groups is 1. The molecular weight excluding hydrogens is 180 g/mol. The van der Waals surface area contributed by atoms with Gasteiger partial charge in [-0.3, -0.25) is 0 Å². The topological polar surface area (TPSA) is 35.5 Å². The maximum absolute atomic E-state index is 10.6. The van der Waals surface area contributed by atoms with Gasteiger partial charge in [0, 0.05) is 18.8 Å². The number of esters is 1. The fourth-order valence-electron chi connectivity index (χ4n) is 0.828. The SMILES string of the molecule is C1CCOC1.C=C(C)C(=O)OCCC. The Morgan fingerprint density at radius 3 is 2.29 bits per heavy atom. The van der Waals surface area contributed by atoms with Crippen LogP contribution in [0.3, 0.4) is 0 Å². The fourth-order valence-corrected chi connectivity index (χ4v) is 0.828. The molecule has 1 heterocycles. The fraction of sp³-hybridized carbons (Fsp3) is 0.727. The normalized spacial score (nSPS) is 14.1. The minimum atomic E-state index is -0.295. The third kappa shape index (κ3) is 7.80. The van der Waals surface area contributed by atoms with Crippen LogP contribution in [0.1, 0.15) is 33.1 Å². The van der Waals surface area contributed by atoms with Crippen LogP contribution in [-0.4, -0.2) is 25.8 Å². The summed E-state index contributed by atoms with van der Waals surface area (Å²) < 4.78 is 9.66. The second kappa shape index (κ2) is 8.75. The summed E-state index contributed by atoms with van der Waals surface area (Å²) in [5.74, 6) is -0.295. The van der Waals surface area contributed by atoms with Crippen LogP contribution < -0.4 is 0 Å². The number of rotatable bonds is 3. The van der Waals surface area contributed by atoms with E-state index in [-0.39, 0.29) is 5.97 Å². The molecule has 0 N–H and O–H groups in total. The third-order valence-electron chi connectivity index (χ3n) is 1.61. The van der Waals surface area contributed by atoms with Gasteiger partial charge in [-0.2, -0.15) is 0 Å². The van der Waals surface area contributed by atoms with Crippen LogP contribution in [0.2, 0.25) is 0 Å². The van der Waals surface area contributed by atoms with Gasteiger partial charge in [-0.1, -0.05) is 13.5 Å². The summed E-state index contributed by atoms with van der Waals surface area (Å²) >= 11 is 0. The van der Waals surface area contributed by atoms with Crippen molar-refractivity contribution in [3.63, 3.8) is 0 Å². The molecule has 0 radical (unpaired) electrons. The van der Waals surface area contributed by atoms with E-state index >= 15 is 0 Å². The maximum Gasteiger partial charge on any atom is 0.333 e. The Morgan fingerprint density at radius 1 is 1.43 bits per heavy atom. The van der Waals surface area contributed by atoms with E-state index in [2.05, 4.69) is 6.58 Å². The Balaban J connectivity index is 0.000000280. The van der Waals surface area contributed by atoms with E-state index in [4.69, 9.17) is 9.47 Å². The Bertz CT molecular complexity index is 164. The molecule has 3 nitrogen and oxygen atoms in total. The molecular formula is C11H20O3. The first kappa shape index (κ1) is 13.2. The first-order valence-electron chi connectivity index (χ1n) is 5.08. The summed E-state index contributed by atoms with van der Waals surface area (Å²) in [6.07, 6.45) is 3.42. The lowest BCUT2D eigenvalue weighted by Gasteiger charge is -1.99. The van der Waals surface area contributed by atoms with Gasteiger partial charge in [-0.15, -0.1) is 0 Å². The molecule has 0 spiro atoms. The molecule has 0 bridgehead atoms. The Labute approximate surface area is 86.1 Å². The van der Waals surface area contributed by atoms with Crippen molar-refractivity contribution in [3.8, 4) is 0 Å². The Morgan fingerprint density at radius 2 is 2.00 bits per heavy atom. The number of hydrogen-bond donors (Lipinski definition) is 0. The Kier molecular flexibility index (Phi) is 8.24. The van der Waals surface area contributed by atoms with Gasteiger partial charge in [-0.25, -0.2) is 4.79 Å². The highest BCUT2D eigenvalue weighted by Gasteiger charge is 1.99. The van der Waals surface area contributed by atoms with Crippen molar-refractivity contribution in [3.05, 3.63) is 12.2 Å². The molecule has 1 saturated heterocycles. The molecule has 0 aromatic heterocycles. The van der Waals surface area contributed by atoms with Crippen LogP contribution >= 0.6 is 0 Å². The molecule has 3 heteroatoms. The van der Waals surface area contributed by atoms with Crippen molar-refractivity contribution >= 4 is 5.97 Å². The minimum absolute atomic E-state index is 0.295. The highest BCUT2D eigenvalue weighted by Crippen LogP contribution is 1.98. The molecule has 0 saturated carbocycles. The quantitative estimate of drug-likeness (QED) is 0.518. The lowest BCUT2D eigenvalue weighted by molar-refractivity contribution is -0.138. The standard InChI is InChI=1S/C7H12O2.C4H8O/c1-4-5-9-7(8)6(2)3;1-2-4-5-3-1/h2,4-5H2,1,3H3;1-4H2. The van der Waals surface area contributed by atoms with Crippen LogP contribution in [0.15, 0.2) is 12.2 Å². The van der Waals surface area contributed by atoms with Crippen LogP contribution in [0.4, 0.5) is 0 Å². The third-order valence-corrected chi connectivity index (χ3v) is 1.61. The van der Waals surface area contributed by atoms with Crippen LogP contribution in [0.5, 0.6) is 0 Å². The number of ether oxygens (including phenoxy) is 2. The second-order valence-electron chi connectivity index (χ2n) is 3.24. The van der Waals surface area contributed by atoms with Crippen LogP contribution in [0.25, 0.3) is 0 Å². The monoisotopic (exact) mass is 200 g/mol. The molecule has 0 amide bonds. The minimum Gasteiger partial charge on any atom is -0.462 e. The average molecular weight is 200 g/mol. The van der Waals surface area contributed by atoms with Crippen molar-refractivity contribution in [2.75, 3.05) is 19.8 Å². The zero-order chi connectivity index (χ0) is 10.8. The van der Waals surface area contributed by atoms with E-state index in [0.29, 0.717) is 12.2 Å². The molecule has 1 rings (SSSR count). The molecule has 0 unspecified atom stereocenters. The molecule has 14 heavy (non-hydrogen) atoms. The second-order valence-corrected chi connectivity index (χ2v) is 3.24. The molecule has 1 fully saturated rings. The summed E-state index contributed by atoms with van der Waals surface area (Å²) in [6, 6.07) is 0. The lowest BCUT2D eigenvalue weighted by Crippen LogP contribution is -2.04. The summed E-state index contributed by atoms with van der Waals surface area (Å²) in [5.41, 5.74) is 0.462. The zero-order valence-electron chi connectivity index (χ0n) is 9.17. The first-order valence-corrected chi connectivity index (χ1v) is 5.08. The molecule has 1 aliphatic heterocycles. The van der Waals surface area contributed by atoms with Crippen LogP contribution in [-0.2, 0) is 14.3 Å². The Hall–Kier alpha value is -0.830. The summed E-state index contributed by atoms with van der Waals surface area (Å²) in [6.45, 7) is 9.51. The molecule has 0 aliphatic carbocycles. The highest BCUT2D eigenvalue weighted by atomic mass is 16.5. The van der Waals surface area contributed by atoms with E-state index in [9.17, 15) is 4.79 Å². The average Bonchev–Trinajstić information content (AvgIpc) is 2.71. The highest BCUT2D eigenvalue weighted by molar-refractivity contribution is 5.86. The maximum atomic E-state index is 10.6. The number of hydrogen-bond acceptors (Lipinski definition) is 3. The van der Waals surface area contributed by atoms with Gasteiger partial charge in [0.25, 0.3) is 0 Å². The van der Waals surface area contributed by atoms with Crippen molar-refractivity contribution in [1.29, 1.82) is 0 Å². The van der Waals surface area contributed by atoms with Gasteiger partial charge in [0.15, 0.2) is 0 Å². The predicted octanol–water partition coefficient (Wildman–Crippen LogP) is 2.31. The van der Waals surface area contributed by atoms with E-state index in [1.807, 2.05) is 6.92 Å². The molecule has 1 aliphatic rings. The van der Waals surface area contributed by atoms with Crippen LogP contribution in [0, 0.1) is 0 Å². The first-order chi connectivity index (χ1) is 6.68. The van der Waals surface area contributed by atoms with Gasteiger partial charge in [0.1, 0.15) is 0 Å². The van der Waals surface area contributed by atoms with Gasteiger partial charge in [-0.05, 0) is 26.2 Å². The van der Waals surface area contributed by atoms with Crippen molar-refractivity contribution < 1.29 is 14.3 Å². The van der Waals surface area contributed by atoms with E-state index in [0.717, 1.165) is 19.6 Å². The summed E-state index contributed by atoms with van der Waals surface area (Å²) in [7, 11) is 0. The van der Waals surface area contributed by atoms with Gasteiger partial charge < -0.3 is 9.47 Å². The zero-order valence-corrected chi connectivity index (χ0v) is 9.17. The largest absolute Gasteiger partial charge is 0.462 e. The predicted molar refractivity (Wildman–Crippen MR) is 56.1 cm³/mol. The summed E-state index contributed by atoms with van der Waals surface area (Å²) in [5, 5.41) is 0. The van der Waals surface area contributed by atoms with Crippen molar-refractivity contribution in [2.24, 2.45) is 0 Å².